The number of nitro benzene ring substituents is 1. The molecular formula is C26H18N3O7-. The Labute approximate surface area is 204 Å². The van der Waals surface area contributed by atoms with E-state index in [2.05, 4.69) is 10.6 Å². The first-order valence-electron chi connectivity index (χ1n) is 10.6. The van der Waals surface area contributed by atoms with Crippen molar-refractivity contribution in [2.45, 2.75) is 6.42 Å². The average molecular weight is 484 g/mol. The number of nitrogens with one attached hydrogen (secondary N) is 2. The van der Waals surface area contributed by atoms with Gasteiger partial charge in [0.2, 0.25) is 11.6 Å². The van der Waals surface area contributed by atoms with E-state index in [-0.39, 0.29) is 22.5 Å². The monoisotopic (exact) mass is 484 g/mol. The van der Waals surface area contributed by atoms with E-state index in [0.29, 0.717) is 16.9 Å². The van der Waals surface area contributed by atoms with Crippen LogP contribution in [-0.2, 0) is 4.79 Å². The molecule has 1 aliphatic carbocycles. The molecule has 3 aromatic carbocycles. The van der Waals surface area contributed by atoms with Gasteiger partial charge in [0.1, 0.15) is 0 Å². The third-order valence-corrected chi connectivity index (χ3v) is 5.36. The maximum Gasteiger partial charge on any atom is 0.271 e. The van der Waals surface area contributed by atoms with Crippen molar-refractivity contribution >= 4 is 40.1 Å². The van der Waals surface area contributed by atoms with Crippen molar-refractivity contribution in [3.8, 4) is 0 Å². The van der Waals surface area contributed by atoms with Crippen LogP contribution in [0, 0.1) is 10.1 Å². The number of aliphatic hydroxyl groups is 1. The number of non-ortho nitro benzene ring substituents is 1. The van der Waals surface area contributed by atoms with Gasteiger partial charge in [-0.05, 0) is 18.2 Å². The summed E-state index contributed by atoms with van der Waals surface area (Å²) < 4.78 is 0. The van der Waals surface area contributed by atoms with Gasteiger partial charge in [0.15, 0.2) is 11.7 Å². The summed E-state index contributed by atoms with van der Waals surface area (Å²) in [6, 6.07) is 18.0. The predicted molar refractivity (Wildman–Crippen MR) is 129 cm³/mol. The largest absolute Gasteiger partial charge is 0.872 e. The van der Waals surface area contributed by atoms with E-state index in [4.69, 9.17) is 0 Å². The molecule has 0 radical (unpaired) electrons. The summed E-state index contributed by atoms with van der Waals surface area (Å²) in [5.74, 6) is -3.73. The Balaban J connectivity index is 1.55. The van der Waals surface area contributed by atoms with Crippen LogP contribution in [0.25, 0.3) is 5.70 Å². The first-order chi connectivity index (χ1) is 17.2. The molecule has 4 rings (SSSR count). The number of fused-ring (bicyclic) bond motifs is 1. The molecule has 0 atom stereocenters. The third kappa shape index (κ3) is 4.97. The lowest BCUT2D eigenvalue weighted by atomic mass is 9.92. The molecule has 3 aromatic rings. The minimum Gasteiger partial charge on any atom is -0.872 e. The van der Waals surface area contributed by atoms with Crippen LogP contribution in [0.15, 0.2) is 90.5 Å². The van der Waals surface area contributed by atoms with Gasteiger partial charge in [-0.15, -0.1) is 0 Å². The fraction of sp³-hybridized carbons (Fsp3) is 0.0385. The number of rotatable bonds is 8. The molecule has 1 aliphatic rings. The Morgan fingerprint density at radius 1 is 0.944 bits per heavy atom. The Bertz CT molecular complexity index is 1470. The standard InChI is InChI=1S/C26H19N3O7/c30-22(14-24(32)26(34)27-15-6-5-7-16(12-15)29(35)36)19-10-3-4-11-20(19)28-21-13-23(31)25(33)18-9-2-1-8-17(18)21/h1-13,27-28,32,34H,14H2/p-1/b26-24+. The van der Waals surface area contributed by atoms with Gasteiger partial charge in [0.25, 0.3) is 5.69 Å². The Morgan fingerprint density at radius 3 is 2.39 bits per heavy atom. The number of carbonyl (C=O) groups is 3. The van der Waals surface area contributed by atoms with Crippen LogP contribution in [0.4, 0.5) is 17.1 Å². The highest BCUT2D eigenvalue weighted by Gasteiger charge is 2.26. The van der Waals surface area contributed by atoms with Gasteiger partial charge in [-0.2, -0.15) is 0 Å². The number of carbonyl (C=O) groups excluding carboxylic acids is 3. The minimum atomic E-state index is -0.927. The highest BCUT2D eigenvalue weighted by molar-refractivity contribution is 6.50. The number of para-hydroxylation sites is 1. The van der Waals surface area contributed by atoms with Crippen LogP contribution < -0.4 is 15.7 Å². The van der Waals surface area contributed by atoms with Gasteiger partial charge < -0.3 is 20.8 Å². The molecule has 0 unspecified atom stereocenters. The van der Waals surface area contributed by atoms with Crippen molar-refractivity contribution in [2.75, 3.05) is 10.6 Å². The first kappa shape index (κ1) is 23.9. The van der Waals surface area contributed by atoms with Gasteiger partial charge in [0.05, 0.1) is 10.6 Å². The highest BCUT2D eigenvalue weighted by Crippen LogP contribution is 2.29. The Kier molecular flexibility index (Phi) is 6.59. The van der Waals surface area contributed by atoms with Gasteiger partial charge in [-0.25, -0.2) is 0 Å². The molecule has 0 aliphatic heterocycles. The van der Waals surface area contributed by atoms with E-state index in [1.165, 1.54) is 30.3 Å². The van der Waals surface area contributed by atoms with Crippen LogP contribution in [0.5, 0.6) is 0 Å². The van der Waals surface area contributed by atoms with E-state index < -0.39 is 40.3 Å². The number of anilines is 2. The summed E-state index contributed by atoms with van der Waals surface area (Å²) in [6.45, 7) is 0. The van der Waals surface area contributed by atoms with Crippen LogP contribution in [-0.4, -0.2) is 27.4 Å². The Morgan fingerprint density at radius 2 is 1.64 bits per heavy atom. The fourth-order valence-electron chi connectivity index (χ4n) is 3.64. The summed E-state index contributed by atoms with van der Waals surface area (Å²) in [4.78, 5) is 47.5. The van der Waals surface area contributed by atoms with Crippen molar-refractivity contribution in [3.05, 3.63) is 117 Å². The average Bonchev–Trinajstić information content (AvgIpc) is 2.87. The smallest absolute Gasteiger partial charge is 0.271 e. The zero-order valence-corrected chi connectivity index (χ0v) is 18.6. The number of benzene rings is 3. The van der Waals surface area contributed by atoms with Crippen LogP contribution >= 0.6 is 0 Å². The Hall–Kier alpha value is -5.25. The first-order valence-corrected chi connectivity index (χ1v) is 10.6. The molecule has 0 amide bonds. The summed E-state index contributed by atoms with van der Waals surface area (Å²) in [7, 11) is 0. The molecule has 0 aromatic heterocycles. The van der Waals surface area contributed by atoms with Gasteiger partial charge in [-0.1, -0.05) is 48.2 Å². The van der Waals surface area contributed by atoms with Gasteiger partial charge in [0, 0.05) is 52.7 Å². The van der Waals surface area contributed by atoms with Crippen molar-refractivity contribution in [3.63, 3.8) is 0 Å². The summed E-state index contributed by atoms with van der Waals surface area (Å²) in [5, 5.41) is 38.9. The lowest BCUT2D eigenvalue weighted by Crippen LogP contribution is -2.21. The fourth-order valence-corrected chi connectivity index (χ4v) is 3.64. The number of allylic oxidation sites excluding steroid dienone is 2. The summed E-state index contributed by atoms with van der Waals surface area (Å²) in [6.07, 6.45) is 0.457. The maximum absolute atomic E-state index is 12.9. The molecule has 0 bridgehead atoms. The van der Waals surface area contributed by atoms with Crippen molar-refractivity contribution in [2.24, 2.45) is 0 Å². The number of hydrogen-bond acceptors (Lipinski definition) is 9. The van der Waals surface area contributed by atoms with Crippen LogP contribution in [0.3, 0.4) is 0 Å². The second kappa shape index (κ2) is 9.94. The molecular weight excluding hydrogens is 466 g/mol. The van der Waals surface area contributed by atoms with E-state index in [1.807, 2.05) is 0 Å². The van der Waals surface area contributed by atoms with E-state index in [1.54, 1.807) is 36.4 Å². The van der Waals surface area contributed by atoms with Crippen molar-refractivity contribution < 1.29 is 29.5 Å². The molecule has 0 fully saturated rings. The number of aliphatic hydroxyl groups excluding tert-OH is 1. The molecule has 0 spiro atoms. The predicted octanol–water partition coefficient (Wildman–Crippen LogP) is 3.59. The van der Waals surface area contributed by atoms with Crippen molar-refractivity contribution in [1.29, 1.82) is 0 Å². The molecule has 10 heteroatoms. The molecule has 36 heavy (non-hydrogen) atoms. The lowest BCUT2D eigenvalue weighted by molar-refractivity contribution is -0.384. The van der Waals surface area contributed by atoms with Crippen molar-refractivity contribution in [1.82, 2.24) is 0 Å². The zero-order valence-electron chi connectivity index (χ0n) is 18.6. The number of nitro groups is 1. The summed E-state index contributed by atoms with van der Waals surface area (Å²) >= 11 is 0. The third-order valence-electron chi connectivity index (χ3n) is 5.36. The molecule has 3 N–H and O–H groups in total. The number of hydrogen-bond donors (Lipinski definition) is 3. The minimum absolute atomic E-state index is 0.103. The second-order valence-electron chi connectivity index (χ2n) is 7.77. The molecule has 0 saturated heterocycles. The lowest BCUT2D eigenvalue weighted by Gasteiger charge is -2.20. The molecule has 10 nitrogen and oxygen atoms in total. The normalized spacial score (nSPS) is 13.3. The topological polar surface area (TPSA) is 162 Å². The van der Waals surface area contributed by atoms with Gasteiger partial charge in [-0.3, -0.25) is 24.5 Å². The van der Waals surface area contributed by atoms with E-state index >= 15 is 0 Å². The van der Waals surface area contributed by atoms with Crippen LogP contribution in [0.2, 0.25) is 0 Å². The summed E-state index contributed by atoms with van der Waals surface area (Å²) in [5.41, 5.74) is 1.33. The SMILES string of the molecule is O=C1C=C(Nc2ccccc2C(=O)C/C([O-])=C(\O)Nc2cccc([N+](=O)[O-])c2)c2ccccc2C1=O. The highest BCUT2D eigenvalue weighted by atomic mass is 16.6. The van der Waals surface area contributed by atoms with Gasteiger partial charge >= 0.3 is 0 Å². The number of ketones is 3. The quantitative estimate of drug-likeness (QED) is 0.143. The molecule has 0 heterocycles. The second-order valence-corrected chi connectivity index (χ2v) is 7.77. The number of nitrogens with zero attached hydrogens (tertiary/aromatic N) is 1. The maximum atomic E-state index is 12.9. The zero-order chi connectivity index (χ0) is 25.8. The molecule has 0 saturated carbocycles. The van der Waals surface area contributed by atoms with E-state index in [0.717, 1.165) is 12.1 Å². The van der Waals surface area contributed by atoms with Crippen LogP contribution in [0.1, 0.15) is 32.7 Å². The van der Waals surface area contributed by atoms with E-state index in [9.17, 15) is 34.7 Å². The number of Topliss-reactive ketones (excluding diaryl/α,β-unsaturated/α-hetero) is 2. The molecule has 180 valence electrons.